The smallest absolute Gasteiger partial charge is 0.243 e. The Bertz CT molecular complexity index is 467. The number of primary amides is 1. The molecule has 20 heavy (non-hydrogen) atoms. The lowest BCUT2D eigenvalue weighted by Gasteiger charge is -2.39. The fourth-order valence-corrected chi connectivity index (χ4v) is 3.12. The van der Waals surface area contributed by atoms with Crippen LogP contribution in [0.1, 0.15) is 45.4 Å². The van der Waals surface area contributed by atoms with E-state index in [1.807, 2.05) is 0 Å². The van der Waals surface area contributed by atoms with Crippen molar-refractivity contribution in [3.05, 3.63) is 30.1 Å². The highest BCUT2D eigenvalue weighted by atomic mass is 19.1. The first-order valence-electron chi connectivity index (χ1n) is 7.40. The van der Waals surface area contributed by atoms with Crippen LogP contribution >= 0.6 is 0 Å². The molecule has 0 saturated heterocycles. The molecule has 1 saturated carbocycles. The summed E-state index contributed by atoms with van der Waals surface area (Å²) in [6, 6.07) is 6.43. The summed E-state index contributed by atoms with van der Waals surface area (Å²) in [4.78, 5) is 11.9. The summed E-state index contributed by atoms with van der Waals surface area (Å²) in [6.07, 6.45) is 5.66. The van der Waals surface area contributed by atoms with Crippen LogP contribution in [0.2, 0.25) is 0 Å². The minimum Gasteiger partial charge on any atom is -0.369 e. The molecule has 0 atom stereocenters. The summed E-state index contributed by atoms with van der Waals surface area (Å²) in [7, 11) is 0. The van der Waals surface area contributed by atoms with Crippen molar-refractivity contribution in [3.8, 4) is 0 Å². The Balaban J connectivity index is 2.12. The van der Waals surface area contributed by atoms with Crippen molar-refractivity contribution in [1.29, 1.82) is 0 Å². The Morgan fingerprint density at radius 1 is 1.40 bits per heavy atom. The van der Waals surface area contributed by atoms with Gasteiger partial charge in [-0.3, -0.25) is 4.79 Å². The summed E-state index contributed by atoms with van der Waals surface area (Å²) < 4.78 is 13.8. The molecule has 0 spiro atoms. The average Bonchev–Trinajstić information content (AvgIpc) is 2.44. The first-order chi connectivity index (χ1) is 9.57. The van der Waals surface area contributed by atoms with Crippen LogP contribution in [0, 0.1) is 11.7 Å². The maximum atomic E-state index is 13.8. The molecule has 110 valence electrons. The number of carbonyl (C=O) groups excluding carboxylic acids is 1. The topological polar surface area (TPSA) is 55.1 Å². The minimum atomic E-state index is -0.799. The van der Waals surface area contributed by atoms with Gasteiger partial charge in [-0.1, -0.05) is 31.9 Å². The largest absolute Gasteiger partial charge is 0.369 e. The molecule has 1 fully saturated rings. The van der Waals surface area contributed by atoms with Crippen molar-refractivity contribution in [2.75, 3.05) is 5.32 Å². The molecular weight excluding hydrogens is 255 g/mol. The van der Waals surface area contributed by atoms with E-state index in [-0.39, 0.29) is 11.7 Å². The van der Waals surface area contributed by atoms with Crippen molar-refractivity contribution in [1.82, 2.24) is 0 Å². The second-order valence-corrected chi connectivity index (χ2v) is 5.78. The lowest BCUT2D eigenvalue weighted by Crippen LogP contribution is -2.52. The van der Waals surface area contributed by atoms with Crippen LogP contribution < -0.4 is 11.1 Å². The molecule has 0 radical (unpaired) electrons. The van der Waals surface area contributed by atoms with Crippen molar-refractivity contribution in [2.45, 2.75) is 51.0 Å². The molecule has 1 amide bonds. The Kier molecular flexibility index (Phi) is 4.63. The van der Waals surface area contributed by atoms with Gasteiger partial charge < -0.3 is 11.1 Å². The number of para-hydroxylation sites is 1. The van der Waals surface area contributed by atoms with E-state index in [4.69, 9.17) is 5.73 Å². The summed E-state index contributed by atoms with van der Waals surface area (Å²) in [5.41, 5.74) is 5.16. The molecule has 0 aromatic heterocycles. The van der Waals surface area contributed by atoms with Crippen molar-refractivity contribution in [3.63, 3.8) is 0 Å². The zero-order valence-electron chi connectivity index (χ0n) is 12.0. The highest BCUT2D eigenvalue weighted by molar-refractivity contribution is 5.88. The summed E-state index contributed by atoms with van der Waals surface area (Å²) in [5, 5.41) is 3.08. The molecule has 0 bridgehead atoms. The number of nitrogens with two attached hydrogens (primary N) is 1. The first-order valence-corrected chi connectivity index (χ1v) is 7.40. The molecule has 2 rings (SSSR count). The molecular formula is C16H23FN2O. The van der Waals surface area contributed by atoms with Crippen LogP contribution in [0.25, 0.3) is 0 Å². The van der Waals surface area contributed by atoms with E-state index in [0.717, 1.165) is 19.3 Å². The third-order valence-corrected chi connectivity index (χ3v) is 4.38. The molecule has 0 heterocycles. The van der Waals surface area contributed by atoms with Gasteiger partial charge in [-0.25, -0.2) is 4.39 Å². The summed E-state index contributed by atoms with van der Waals surface area (Å²) in [6.45, 7) is 2.17. The number of hydrogen-bond acceptors (Lipinski definition) is 2. The van der Waals surface area contributed by atoms with Crippen LogP contribution in [0.5, 0.6) is 0 Å². The predicted octanol–water partition coefficient (Wildman–Crippen LogP) is 3.45. The number of rotatable bonds is 5. The zero-order valence-corrected chi connectivity index (χ0v) is 12.0. The monoisotopic (exact) mass is 278 g/mol. The molecule has 0 aliphatic heterocycles. The van der Waals surface area contributed by atoms with Crippen LogP contribution in [-0.4, -0.2) is 11.4 Å². The zero-order chi connectivity index (χ0) is 14.6. The van der Waals surface area contributed by atoms with Gasteiger partial charge in [-0.15, -0.1) is 0 Å². The lowest BCUT2D eigenvalue weighted by molar-refractivity contribution is -0.123. The first kappa shape index (κ1) is 14.8. The van der Waals surface area contributed by atoms with E-state index in [0.29, 0.717) is 24.4 Å². The number of nitrogens with one attached hydrogen (secondary N) is 1. The highest BCUT2D eigenvalue weighted by Gasteiger charge is 2.40. The van der Waals surface area contributed by atoms with E-state index in [1.54, 1.807) is 18.2 Å². The highest BCUT2D eigenvalue weighted by Crippen LogP contribution is 2.37. The van der Waals surface area contributed by atoms with E-state index in [1.165, 1.54) is 12.5 Å². The maximum absolute atomic E-state index is 13.8. The molecule has 3 N–H and O–H groups in total. The Hall–Kier alpha value is -1.58. The SMILES string of the molecule is CCCC1CCC(Nc2ccccc2F)(C(N)=O)CC1. The van der Waals surface area contributed by atoms with Gasteiger partial charge in [0, 0.05) is 0 Å². The van der Waals surface area contributed by atoms with Crippen molar-refractivity contribution < 1.29 is 9.18 Å². The van der Waals surface area contributed by atoms with Crippen molar-refractivity contribution >= 4 is 11.6 Å². The number of halogens is 1. The van der Waals surface area contributed by atoms with Gasteiger partial charge in [-0.05, 0) is 43.7 Å². The molecule has 4 heteroatoms. The average molecular weight is 278 g/mol. The Labute approximate surface area is 119 Å². The predicted molar refractivity (Wildman–Crippen MR) is 78.8 cm³/mol. The van der Waals surface area contributed by atoms with Gasteiger partial charge in [0.05, 0.1) is 5.69 Å². The van der Waals surface area contributed by atoms with Gasteiger partial charge in [0.2, 0.25) is 5.91 Å². The van der Waals surface area contributed by atoms with Crippen molar-refractivity contribution in [2.24, 2.45) is 11.7 Å². The Morgan fingerprint density at radius 3 is 2.60 bits per heavy atom. The van der Waals surface area contributed by atoms with Crippen LogP contribution in [0.3, 0.4) is 0 Å². The number of carbonyl (C=O) groups is 1. The van der Waals surface area contributed by atoms with Gasteiger partial charge in [0.15, 0.2) is 0 Å². The van der Waals surface area contributed by atoms with E-state index in [2.05, 4.69) is 12.2 Å². The summed E-state index contributed by atoms with van der Waals surface area (Å²) >= 11 is 0. The van der Waals surface area contributed by atoms with Crippen LogP contribution in [0.4, 0.5) is 10.1 Å². The molecule has 1 aliphatic rings. The molecule has 1 aromatic rings. The van der Waals surface area contributed by atoms with Gasteiger partial charge in [0.25, 0.3) is 0 Å². The number of anilines is 1. The second-order valence-electron chi connectivity index (χ2n) is 5.78. The summed E-state index contributed by atoms with van der Waals surface area (Å²) in [5.74, 6) is -0.0607. The quantitative estimate of drug-likeness (QED) is 0.866. The maximum Gasteiger partial charge on any atom is 0.243 e. The molecule has 0 unspecified atom stereocenters. The fraction of sp³-hybridized carbons (Fsp3) is 0.562. The normalized spacial score (nSPS) is 26.2. The van der Waals surface area contributed by atoms with Gasteiger partial charge in [0.1, 0.15) is 11.4 Å². The third-order valence-electron chi connectivity index (χ3n) is 4.38. The fourth-order valence-electron chi connectivity index (χ4n) is 3.12. The standard InChI is InChI=1S/C16H23FN2O/c1-2-5-12-8-10-16(11-9-12,15(18)20)19-14-7-4-3-6-13(14)17/h3-4,6-7,12,19H,2,5,8-11H2,1H3,(H2,18,20). The van der Waals surface area contributed by atoms with E-state index >= 15 is 0 Å². The molecule has 1 aliphatic carbocycles. The molecule has 3 nitrogen and oxygen atoms in total. The number of benzene rings is 1. The van der Waals surface area contributed by atoms with Crippen LogP contribution in [0.15, 0.2) is 24.3 Å². The molecule has 1 aromatic carbocycles. The van der Waals surface area contributed by atoms with Gasteiger partial charge >= 0.3 is 0 Å². The minimum absolute atomic E-state index is 0.344. The number of amides is 1. The lowest BCUT2D eigenvalue weighted by atomic mass is 9.74. The van der Waals surface area contributed by atoms with Gasteiger partial charge in [-0.2, -0.15) is 0 Å². The second kappa shape index (κ2) is 6.25. The third kappa shape index (κ3) is 3.11. The van der Waals surface area contributed by atoms with E-state index < -0.39 is 5.54 Å². The van der Waals surface area contributed by atoms with Crippen LogP contribution in [-0.2, 0) is 4.79 Å². The van der Waals surface area contributed by atoms with E-state index in [9.17, 15) is 9.18 Å². The Morgan fingerprint density at radius 2 is 2.05 bits per heavy atom. The number of hydrogen-bond donors (Lipinski definition) is 2.